The lowest BCUT2D eigenvalue weighted by Gasteiger charge is -2.36. The number of rotatable bonds is 6. The van der Waals surface area contributed by atoms with Crippen LogP contribution in [0.3, 0.4) is 0 Å². The zero-order chi connectivity index (χ0) is 22.9. The van der Waals surface area contributed by atoms with Crippen molar-refractivity contribution in [2.45, 2.75) is 77.6 Å². The van der Waals surface area contributed by atoms with Crippen LogP contribution in [-0.4, -0.2) is 18.2 Å². The molecule has 1 aliphatic carbocycles. The number of fused-ring (bicyclic) bond motifs is 2. The molecule has 1 atom stereocenters. The predicted molar refractivity (Wildman–Crippen MR) is 135 cm³/mol. The van der Waals surface area contributed by atoms with Gasteiger partial charge >= 0.3 is 5.97 Å². The van der Waals surface area contributed by atoms with E-state index in [0.29, 0.717) is 0 Å². The third-order valence-electron chi connectivity index (χ3n) is 6.82. The zero-order valence-corrected chi connectivity index (χ0v) is 21.1. The molecule has 170 valence electrons. The van der Waals surface area contributed by atoms with Gasteiger partial charge in [-0.1, -0.05) is 54.0 Å². The third kappa shape index (κ3) is 5.02. The van der Waals surface area contributed by atoms with Crippen LogP contribution in [0.2, 0.25) is 0 Å². The Morgan fingerprint density at radius 3 is 2.12 bits per heavy atom. The Labute approximate surface area is 199 Å². The highest BCUT2D eigenvalue weighted by atomic mass is 79.9. The smallest absolute Gasteiger partial charge is 0.308 e. The molecule has 1 unspecified atom stereocenters. The molecule has 4 rings (SSSR count). The molecule has 0 saturated heterocycles. The molecule has 0 aromatic heterocycles. The highest BCUT2D eigenvalue weighted by Gasteiger charge is 2.32. The third-order valence-corrected chi connectivity index (χ3v) is 7.48. The fraction of sp³-hybridized carbons (Fsp3) is 0.464. The summed E-state index contributed by atoms with van der Waals surface area (Å²) in [5, 5.41) is 4.94. The molecular weight excluding hydrogens is 464 g/mol. The lowest BCUT2D eigenvalue weighted by atomic mass is 9.91. The van der Waals surface area contributed by atoms with Crippen molar-refractivity contribution in [3.8, 4) is 0 Å². The molecule has 0 N–H and O–H groups in total. The molecule has 3 nitrogen and oxygen atoms in total. The van der Waals surface area contributed by atoms with Crippen molar-refractivity contribution in [1.82, 2.24) is 0 Å². The quantitative estimate of drug-likeness (QED) is 0.256. The molecule has 1 saturated carbocycles. The highest BCUT2D eigenvalue weighted by molar-refractivity contribution is 9.10. The van der Waals surface area contributed by atoms with Crippen LogP contribution in [0.15, 0.2) is 53.0 Å². The number of benzene rings is 3. The molecule has 3 aromatic carbocycles. The summed E-state index contributed by atoms with van der Waals surface area (Å²) >= 11 is 3.80. The summed E-state index contributed by atoms with van der Waals surface area (Å²) in [6.07, 6.45) is 4.58. The molecule has 1 fully saturated rings. The van der Waals surface area contributed by atoms with E-state index in [9.17, 15) is 4.79 Å². The van der Waals surface area contributed by atoms with Crippen molar-refractivity contribution in [1.29, 1.82) is 0 Å². The van der Waals surface area contributed by atoms with E-state index in [1.807, 2.05) is 13.8 Å². The van der Waals surface area contributed by atoms with Gasteiger partial charge in [0.25, 0.3) is 0 Å². The van der Waals surface area contributed by atoms with Crippen LogP contribution in [0.4, 0.5) is 0 Å². The average molecular weight is 497 g/mol. The monoisotopic (exact) mass is 496 g/mol. The van der Waals surface area contributed by atoms with E-state index in [2.05, 4.69) is 78.3 Å². The van der Waals surface area contributed by atoms with Crippen LogP contribution in [-0.2, 0) is 19.9 Å². The Bertz CT molecular complexity index is 1110. The van der Waals surface area contributed by atoms with Gasteiger partial charge in [-0.2, -0.15) is 0 Å². The number of carbonyl (C=O) groups excluding carboxylic acids is 1. The van der Waals surface area contributed by atoms with Gasteiger partial charge in [-0.25, -0.2) is 0 Å². The largest absolute Gasteiger partial charge is 0.462 e. The lowest BCUT2D eigenvalue weighted by Crippen LogP contribution is -2.34. The Morgan fingerprint density at radius 2 is 1.53 bits per heavy atom. The van der Waals surface area contributed by atoms with Gasteiger partial charge in [0, 0.05) is 4.47 Å². The van der Waals surface area contributed by atoms with E-state index in [1.165, 1.54) is 21.5 Å². The van der Waals surface area contributed by atoms with Gasteiger partial charge in [0.05, 0.1) is 17.6 Å². The topological polar surface area (TPSA) is 35.5 Å². The van der Waals surface area contributed by atoms with Crippen LogP contribution in [0, 0.1) is 5.92 Å². The average Bonchev–Trinajstić information content (AvgIpc) is 2.77. The van der Waals surface area contributed by atoms with E-state index in [4.69, 9.17) is 9.47 Å². The van der Waals surface area contributed by atoms with Gasteiger partial charge in [-0.15, -0.1) is 0 Å². The van der Waals surface area contributed by atoms with Crippen molar-refractivity contribution in [3.63, 3.8) is 0 Å². The Kier molecular flexibility index (Phi) is 6.92. The first-order chi connectivity index (χ1) is 15.3. The standard InChI is InChI=1S/C28H33BrO3/c1-5-18(2)27(30)31-23-10-12-24(13-11-23)32-28(3,4)25-16-21-14-19-8-6-7-9-20(19)15-22(21)17-26(25)29/h6-9,14-18,23-24H,5,10-13H2,1-4H3. The summed E-state index contributed by atoms with van der Waals surface area (Å²) in [6.45, 7) is 8.25. The molecule has 0 spiro atoms. The van der Waals surface area contributed by atoms with Crippen molar-refractivity contribution >= 4 is 43.4 Å². The van der Waals surface area contributed by atoms with Crippen LogP contribution in [0.5, 0.6) is 0 Å². The second-order valence-electron chi connectivity index (χ2n) is 9.65. The van der Waals surface area contributed by atoms with E-state index in [1.54, 1.807) is 0 Å². The Balaban J connectivity index is 1.47. The minimum Gasteiger partial charge on any atom is -0.462 e. The lowest BCUT2D eigenvalue weighted by molar-refractivity contribution is -0.159. The minimum absolute atomic E-state index is 0.0229. The summed E-state index contributed by atoms with van der Waals surface area (Å²) in [5.74, 6) is -0.0879. The zero-order valence-electron chi connectivity index (χ0n) is 19.5. The first-order valence-corrected chi connectivity index (χ1v) is 12.6. The maximum atomic E-state index is 12.1. The molecule has 0 aliphatic heterocycles. The Hall–Kier alpha value is -1.91. The summed E-state index contributed by atoms with van der Waals surface area (Å²) in [7, 11) is 0. The van der Waals surface area contributed by atoms with Gasteiger partial charge in [-0.05, 0) is 97.3 Å². The van der Waals surface area contributed by atoms with E-state index < -0.39 is 5.60 Å². The van der Waals surface area contributed by atoms with Crippen molar-refractivity contribution in [2.24, 2.45) is 5.92 Å². The van der Waals surface area contributed by atoms with Gasteiger partial charge in [0.1, 0.15) is 6.10 Å². The second-order valence-corrected chi connectivity index (χ2v) is 10.5. The number of hydrogen-bond acceptors (Lipinski definition) is 3. The van der Waals surface area contributed by atoms with Crippen molar-refractivity contribution in [3.05, 3.63) is 58.6 Å². The maximum Gasteiger partial charge on any atom is 0.308 e. The molecule has 32 heavy (non-hydrogen) atoms. The fourth-order valence-electron chi connectivity index (χ4n) is 4.62. The molecule has 4 heteroatoms. The number of ether oxygens (including phenoxy) is 2. The number of esters is 1. The molecular formula is C28H33BrO3. The highest BCUT2D eigenvalue weighted by Crippen LogP contribution is 2.38. The normalized spacial score (nSPS) is 20.4. The molecule has 0 heterocycles. The fourth-order valence-corrected chi connectivity index (χ4v) is 5.46. The van der Waals surface area contributed by atoms with E-state index >= 15 is 0 Å². The van der Waals surface area contributed by atoms with Crippen molar-refractivity contribution < 1.29 is 14.3 Å². The SMILES string of the molecule is CCC(C)C(=O)OC1CCC(OC(C)(C)c2cc3cc4ccccc4cc3cc2Br)CC1. The first kappa shape index (κ1) is 23.3. The number of halogens is 1. The molecule has 0 radical (unpaired) electrons. The molecule has 1 aliphatic rings. The summed E-state index contributed by atoms with van der Waals surface area (Å²) in [6, 6.07) is 17.4. The molecule has 0 bridgehead atoms. The van der Waals surface area contributed by atoms with E-state index in [0.717, 1.165) is 42.1 Å². The summed E-state index contributed by atoms with van der Waals surface area (Å²) in [4.78, 5) is 12.1. The van der Waals surface area contributed by atoms with Crippen molar-refractivity contribution in [2.75, 3.05) is 0 Å². The minimum atomic E-state index is -0.427. The van der Waals surface area contributed by atoms with Crippen LogP contribution >= 0.6 is 15.9 Å². The number of carbonyl (C=O) groups is 1. The van der Waals surface area contributed by atoms with Gasteiger partial charge in [-0.3, -0.25) is 4.79 Å². The van der Waals surface area contributed by atoms with Gasteiger partial charge in [0.2, 0.25) is 0 Å². The molecule has 0 amide bonds. The van der Waals surface area contributed by atoms with Crippen LogP contribution in [0.25, 0.3) is 21.5 Å². The first-order valence-electron chi connectivity index (χ1n) is 11.8. The molecule has 3 aromatic rings. The maximum absolute atomic E-state index is 12.1. The van der Waals surface area contributed by atoms with Gasteiger partial charge in [0.15, 0.2) is 0 Å². The number of hydrogen-bond donors (Lipinski definition) is 0. The van der Waals surface area contributed by atoms with Gasteiger partial charge < -0.3 is 9.47 Å². The van der Waals surface area contributed by atoms with E-state index in [-0.39, 0.29) is 24.1 Å². The van der Waals surface area contributed by atoms with Crippen LogP contribution < -0.4 is 0 Å². The summed E-state index contributed by atoms with van der Waals surface area (Å²) in [5.41, 5.74) is 0.731. The predicted octanol–water partition coefficient (Wildman–Crippen LogP) is 7.91. The summed E-state index contributed by atoms with van der Waals surface area (Å²) < 4.78 is 13.4. The Morgan fingerprint density at radius 1 is 0.969 bits per heavy atom. The van der Waals surface area contributed by atoms with Crippen LogP contribution in [0.1, 0.15) is 65.4 Å². The second kappa shape index (κ2) is 9.52.